The maximum atomic E-state index is 13.1. The van der Waals surface area contributed by atoms with Gasteiger partial charge in [-0.05, 0) is 69.8 Å². The van der Waals surface area contributed by atoms with E-state index in [9.17, 15) is 4.79 Å². The van der Waals surface area contributed by atoms with Crippen LogP contribution in [0.1, 0.15) is 55.1 Å². The van der Waals surface area contributed by atoms with Crippen LogP contribution in [0.4, 0.5) is 11.5 Å². The second-order valence-electron chi connectivity index (χ2n) is 12.9. The van der Waals surface area contributed by atoms with Gasteiger partial charge in [0.05, 0.1) is 11.4 Å². The van der Waals surface area contributed by atoms with Crippen LogP contribution in [-0.4, -0.2) is 78.3 Å². The molecule has 2 aromatic carbocycles. The van der Waals surface area contributed by atoms with E-state index in [-0.39, 0.29) is 11.9 Å². The highest BCUT2D eigenvalue weighted by molar-refractivity contribution is 6.06. The third-order valence-electron chi connectivity index (χ3n) is 10.5. The Labute approximate surface area is 256 Å². The van der Waals surface area contributed by atoms with Crippen molar-refractivity contribution < 1.29 is 4.79 Å². The van der Waals surface area contributed by atoms with Crippen LogP contribution < -0.4 is 11.1 Å². The molecule has 2 saturated heterocycles. The number of nitrogens with two attached hydrogens (primary N) is 1. The molecule has 5 heterocycles. The van der Waals surface area contributed by atoms with Crippen molar-refractivity contribution >= 4 is 39.3 Å². The Morgan fingerprint density at radius 3 is 2.27 bits per heavy atom. The highest BCUT2D eigenvalue weighted by atomic mass is 16.1. The van der Waals surface area contributed by atoms with Gasteiger partial charge in [-0.15, -0.1) is 0 Å². The number of anilines is 2. The average Bonchev–Trinajstić information content (AvgIpc) is 3.65. The molecule has 10 heteroatoms. The third kappa shape index (κ3) is 4.55. The van der Waals surface area contributed by atoms with E-state index in [0.717, 1.165) is 58.1 Å². The SMILES string of the molecule is CN1C2CCC1CN(C1CCC(n3nc(-c4ccc(NC(=O)c5cc6ccccc6n5C)cc4)c4c(N)ncnc43)CC1)C2. The molecule has 2 unspecified atom stereocenters. The van der Waals surface area contributed by atoms with Gasteiger partial charge in [-0.3, -0.25) is 14.6 Å². The molecule has 226 valence electrons. The number of rotatable bonds is 5. The van der Waals surface area contributed by atoms with Crippen molar-refractivity contribution in [3.63, 3.8) is 0 Å². The lowest BCUT2D eigenvalue weighted by molar-refractivity contribution is 0.0393. The van der Waals surface area contributed by atoms with Gasteiger partial charge < -0.3 is 15.6 Å². The fourth-order valence-corrected chi connectivity index (χ4v) is 7.98. The minimum absolute atomic E-state index is 0.149. The number of nitrogens with one attached hydrogen (secondary N) is 1. The molecule has 44 heavy (non-hydrogen) atoms. The summed E-state index contributed by atoms with van der Waals surface area (Å²) in [6.07, 6.45) is 8.72. The lowest BCUT2D eigenvalue weighted by atomic mass is 9.89. The normalized spacial score (nSPS) is 24.3. The first kappa shape index (κ1) is 27.3. The molecular formula is C34H39N9O. The van der Waals surface area contributed by atoms with Crippen LogP contribution >= 0.6 is 0 Å². The molecule has 3 fully saturated rings. The molecule has 2 aliphatic heterocycles. The maximum Gasteiger partial charge on any atom is 0.272 e. The van der Waals surface area contributed by atoms with Crippen molar-refractivity contribution in [2.24, 2.45) is 7.05 Å². The van der Waals surface area contributed by atoms with E-state index < -0.39 is 0 Å². The van der Waals surface area contributed by atoms with Crippen molar-refractivity contribution in [3.05, 3.63) is 66.6 Å². The number of carbonyl (C=O) groups is 1. The molecular weight excluding hydrogens is 550 g/mol. The fraction of sp³-hybridized carbons (Fsp3) is 0.412. The minimum Gasteiger partial charge on any atom is -0.383 e. The number of piperazine rings is 1. The molecule has 3 aromatic heterocycles. The van der Waals surface area contributed by atoms with Crippen molar-refractivity contribution in [3.8, 4) is 11.3 Å². The van der Waals surface area contributed by atoms with Crippen molar-refractivity contribution in [2.75, 3.05) is 31.2 Å². The van der Waals surface area contributed by atoms with Crippen LogP contribution in [0.15, 0.2) is 60.9 Å². The highest BCUT2D eigenvalue weighted by Crippen LogP contribution is 2.39. The Hall–Kier alpha value is -4.28. The number of carbonyl (C=O) groups excluding carboxylic acids is 1. The van der Waals surface area contributed by atoms with Gasteiger partial charge in [0.2, 0.25) is 0 Å². The second-order valence-corrected chi connectivity index (χ2v) is 12.9. The third-order valence-corrected chi connectivity index (χ3v) is 10.5. The molecule has 0 spiro atoms. The molecule has 2 bridgehead atoms. The van der Waals surface area contributed by atoms with E-state index in [1.807, 2.05) is 66.2 Å². The Balaban J connectivity index is 1.01. The van der Waals surface area contributed by atoms with Crippen LogP contribution in [0.2, 0.25) is 0 Å². The van der Waals surface area contributed by atoms with Crippen LogP contribution in [0.3, 0.4) is 0 Å². The molecule has 3 N–H and O–H groups in total. The number of aromatic nitrogens is 5. The summed E-state index contributed by atoms with van der Waals surface area (Å²) in [6.45, 7) is 2.42. The summed E-state index contributed by atoms with van der Waals surface area (Å²) in [6, 6.07) is 20.1. The monoisotopic (exact) mass is 589 g/mol. The number of nitrogens with zero attached hydrogens (tertiary/aromatic N) is 7. The summed E-state index contributed by atoms with van der Waals surface area (Å²) in [5.74, 6) is 0.287. The Morgan fingerprint density at radius 1 is 0.864 bits per heavy atom. The Bertz CT molecular complexity index is 1840. The summed E-state index contributed by atoms with van der Waals surface area (Å²) >= 11 is 0. The highest BCUT2D eigenvalue weighted by Gasteiger charge is 2.40. The van der Waals surface area contributed by atoms with Crippen LogP contribution in [0, 0.1) is 0 Å². The van der Waals surface area contributed by atoms with Gasteiger partial charge in [-0.2, -0.15) is 5.10 Å². The zero-order valence-corrected chi connectivity index (χ0v) is 25.4. The van der Waals surface area contributed by atoms with Crippen LogP contribution in [0.5, 0.6) is 0 Å². The number of likely N-dealkylation sites (N-methyl/N-ethyl adjacent to an activating group) is 1. The van der Waals surface area contributed by atoms with E-state index in [1.165, 1.54) is 45.1 Å². The lowest BCUT2D eigenvalue weighted by Gasteiger charge is -2.44. The van der Waals surface area contributed by atoms with E-state index in [2.05, 4.69) is 36.8 Å². The quantitative estimate of drug-likeness (QED) is 0.294. The molecule has 8 rings (SSSR count). The zero-order chi connectivity index (χ0) is 29.9. The Kier molecular flexibility index (Phi) is 6.64. The topological polar surface area (TPSA) is 110 Å². The summed E-state index contributed by atoms with van der Waals surface area (Å²) in [5, 5.41) is 10.00. The average molecular weight is 590 g/mol. The number of para-hydroxylation sites is 1. The molecule has 1 amide bonds. The van der Waals surface area contributed by atoms with E-state index in [0.29, 0.717) is 23.2 Å². The Morgan fingerprint density at radius 2 is 1.55 bits per heavy atom. The molecule has 5 aromatic rings. The van der Waals surface area contributed by atoms with Gasteiger partial charge in [0.25, 0.3) is 5.91 Å². The van der Waals surface area contributed by atoms with Gasteiger partial charge in [0.1, 0.15) is 23.5 Å². The lowest BCUT2D eigenvalue weighted by Crippen LogP contribution is -2.55. The fourth-order valence-electron chi connectivity index (χ4n) is 7.98. The first-order chi connectivity index (χ1) is 21.4. The van der Waals surface area contributed by atoms with Gasteiger partial charge in [0, 0.05) is 60.4 Å². The number of fused-ring (bicyclic) bond motifs is 4. The number of amides is 1. The number of benzene rings is 2. The smallest absolute Gasteiger partial charge is 0.272 e. The standard InChI is InChI=1S/C34H39N9O/c1-40-26-15-16-27(40)19-42(18-26)24-11-13-25(14-12-24)43-33-30(32(35)36-20-37-33)31(39-43)21-7-9-23(10-8-21)38-34(44)29-17-22-5-3-4-6-28(22)41(29)2/h3-10,17,20,24-27H,11-16,18-19H2,1-2H3,(H,38,44)(H2,35,36,37). The van der Waals surface area contributed by atoms with Crippen molar-refractivity contribution in [1.29, 1.82) is 0 Å². The van der Waals surface area contributed by atoms with E-state index in [1.54, 1.807) is 0 Å². The van der Waals surface area contributed by atoms with Crippen molar-refractivity contribution in [1.82, 2.24) is 34.1 Å². The number of hydrogen-bond acceptors (Lipinski definition) is 7. The zero-order valence-electron chi connectivity index (χ0n) is 25.4. The first-order valence-electron chi connectivity index (χ1n) is 15.9. The number of likely N-dealkylation sites (tertiary alicyclic amines) is 1. The molecule has 1 saturated carbocycles. The number of aryl methyl sites for hydroxylation is 1. The van der Waals surface area contributed by atoms with Crippen LogP contribution in [0.25, 0.3) is 33.2 Å². The summed E-state index contributed by atoms with van der Waals surface area (Å²) in [7, 11) is 4.22. The van der Waals surface area contributed by atoms with Crippen molar-refractivity contribution in [2.45, 2.75) is 62.7 Å². The molecule has 1 aliphatic carbocycles. The number of hydrogen-bond donors (Lipinski definition) is 2. The van der Waals surface area contributed by atoms with Crippen LogP contribution in [-0.2, 0) is 7.05 Å². The summed E-state index contributed by atoms with van der Waals surface area (Å²) in [5.41, 5.74) is 11.3. The molecule has 3 aliphatic rings. The molecule has 2 atom stereocenters. The van der Waals surface area contributed by atoms with Gasteiger partial charge in [-0.1, -0.05) is 30.3 Å². The predicted octanol–water partition coefficient (Wildman–Crippen LogP) is 5.08. The summed E-state index contributed by atoms with van der Waals surface area (Å²) in [4.78, 5) is 27.5. The van der Waals surface area contributed by atoms with Gasteiger partial charge in [-0.25, -0.2) is 14.6 Å². The van der Waals surface area contributed by atoms with Gasteiger partial charge >= 0.3 is 0 Å². The predicted molar refractivity (Wildman–Crippen MR) is 173 cm³/mol. The summed E-state index contributed by atoms with van der Waals surface area (Å²) < 4.78 is 4.02. The minimum atomic E-state index is -0.149. The number of nitrogen functional groups attached to an aromatic ring is 1. The largest absolute Gasteiger partial charge is 0.383 e. The second kappa shape index (κ2) is 10.7. The van der Waals surface area contributed by atoms with E-state index in [4.69, 9.17) is 10.8 Å². The molecule has 10 nitrogen and oxygen atoms in total. The molecule has 0 radical (unpaired) electrons. The maximum absolute atomic E-state index is 13.1. The van der Waals surface area contributed by atoms with E-state index >= 15 is 0 Å². The first-order valence-corrected chi connectivity index (χ1v) is 15.9. The van der Waals surface area contributed by atoms with Gasteiger partial charge in [0.15, 0.2) is 5.65 Å².